The second-order valence-electron chi connectivity index (χ2n) is 6.36. The van der Waals surface area contributed by atoms with Crippen LogP contribution < -0.4 is 0 Å². The number of carbonyl (C=O) groups excluding carboxylic acids is 1. The van der Waals surface area contributed by atoms with Crippen molar-refractivity contribution in [3.63, 3.8) is 0 Å². The van der Waals surface area contributed by atoms with E-state index in [4.69, 9.17) is 0 Å². The van der Waals surface area contributed by atoms with Crippen molar-refractivity contribution >= 4 is 5.91 Å². The Bertz CT molecular complexity index is 544. The van der Waals surface area contributed by atoms with Gasteiger partial charge in [0.05, 0.1) is 6.04 Å². The Kier molecular flexibility index (Phi) is 7.10. The zero-order valence-corrected chi connectivity index (χ0v) is 14.9. The van der Waals surface area contributed by atoms with Gasteiger partial charge in [-0.25, -0.2) is 0 Å². The molecule has 0 saturated carbocycles. The zero-order chi connectivity index (χ0) is 17.4. The van der Waals surface area contributed by atoms with Crippen LogP contribution in [-0.2, 0) is 4.79 Å². The fourth-order valence-electron chi connectivity index (χ4n) is 3.34. The molecule has 0 saturated heterocycles. The minimum atomic E-state index is 0.224. The third kappa shape index (κ3) is 4.73. The largest absolute Gasteiger partial charge is 0.362 e. The van der Waals surface area contributed by atoms with Crippen LogP contribution in [0.5, 0.6) is 0 Å². The van der Waals surface area contributed by atoms with Crippen LogP contribution in [0.3, 0.4) is 0 Å². The molecule has 0 spiro atoms. The van der Waals surface area contributed by atoms with Crippen molar-refractivity contribution in [2.24, 2.45) is 0 Å². The Hall–Kier alpha value is -2.03. The molecule has 0 aromatic heterocycles. The first kappa shape index (κ1) is 18.3. The van der Waals surface area contributed by atoms with Crippen LogP contribution in [0.4, 0.5) is 0 Å². The number of hydrogen-bond donors (Lipinski definition) is 0. The van der Waals surface area contributed by atoms with Gasteiger partial charge in [-0.3, -0.25) is 4.79 Å². The summed E-state index contributed by atoms with van der Waals surface area (Å²) in [6.07, 6.45) is 19.8. The number of nitrogens with zero attached hydrogens (tertiary/aromatic N) is 2. The van der Waals surface area contributed by atoms with Crippen molar-refractivity contribution in [1.82, 2.24) is 9.80 Å². The van der Waals surface area contributed by atoms with E-state index in [9.17, 15) is 4.79 Å². The second kappa shape index (κ2) is 9.31. The summed E-state index contributed by atoms with van der Waals surface area (Å²) in [4.78, 5) is 16.5. The summed E-state index contributed by atoms with van der Waals surface area (Å²) in [7, 11) is 0. The number of amides is 1. The van der Waals surface area contributed by atoms with E-state index in [1.54, 1.807) is 0 Å². The number of rotatable bonds is 9. The molecule has 2 aliphatic carbocycles. The van der Waals surface area contributed by atoms with Crippen LogP contribution in [0.1, 0.15) is 39.0 Å². The number of carbonyl (C=O) groups is 1. The van der Waals surface area contributed by atoms with Gasteiger partial charge in [0.15, 0.2) is 0 Å². The predicted octanol–water partition coefficient (Wildman–Crippen LogP) is 4.22. The average Bonchev–Trinajstić information content (AvgIpc) is 3.30. The van der Waals surface area contributed by atoms with E-state index in [2.05, 4.69) is 54.5 Å². The number of allylic oxidation sites excluding steroid dienone is 3. The molecule has 2 unspecified atom stereocenters. The van der Waals surface area contributed by atoms with Crippen LogP contribution >= 0.6 is 0 Å². The highest BCUT2D eigenvalue weighted by molar-refractivity contribution is 5.76. The highest BCUT2D eigenvalue weighted by atomic mass is 16.2. The van der Waals surface area contributed by atoms with Gasteiger partial charge in [0.2, 0.25) is 5.91 Å². The standard InChI is InChI=1S/C21H30N2O/c1-4-18(3)22(19-12-6-7-13-19)16-10-11-17-23(21(24)5-2)20-14-8-9-15-20/h4,6,8,10-12,14,19-20H,1,3,5,7,9,13,15-17H2,2H3/b11-10+. The molecular formula is C21H30N2O. The van der Waals surface area contributed by atoms with E-state index in [0.29, 0.717) is 19.0 Å². The van der Waals surface area contributed by atoms with E-state index >= 15 is 0 Å². The molecule has 0 aromatic rings. The first-order valence-corrected chi connectivity index (χ1v) is 9.03. The molecule has 2 rings (SSSR count). The minimum Gasteiger partial charge on any atom is -0.362 e. The first-order valence-electron chi connectivity index (χ1n) is 9.03. The van der Waals surface area contributed by atoms with Crippen LogP contribution in [0.15, 0.2) is 61.4 Å². The maximum absolute atomic E-state index is 12.2. The molecular weight excluding hydrogens is 296 g/mol. The average molecular weight is 326 g/mol. The van der Waals surface area contributed by atoms with Gasteiger partial charge in [0.1, 0.15) is 0 Å². The fourth-order valence-corrected chi connectivity index (χ4v) is 3.34. The SMILES string of the molecule is C=CC(=C)N(C/C=C/CN(C(=O)CC)C1C=CCC1)C1C=CCC1. The van der Waals surface area contributed by atoms with Crippen LogP contribution in [0.2, 0.25) is 0 Å². The molecule has 0 heterocycles. The van der Waals surface area contributed by atoms with E-state index in [1.165, 1.54) is 0 Å². The molecule has 2 atom stereocenters. The van der Waals surface area contributed by atoms with E-state index in [1.807, 2.05) is 17.9 Å². The topological polar surface area (TPSA) is 23.6 Å². The Morgan fingerprint density at radius 1 is 1.08 bits per heavy atom. The highest BCUT2D eigenvalue weighted by Crippen LogP contribution is 2.21. The van der Waals surface area contributed by atoms with Gasteiger partial charge in [-0.15, -0.1) is 0 Å². The molecule has 0 N–H and O–H groups in total. The number of hydrogen-bond acceptors (Lipinski definition) is 2. The maximum Gasteiger partial charge on any atom is 0.223 e. The minimum absolute atomic E-state index is 0.224. The van der Waals surface area contributed by atoms with Gasteiger partial charge in [0, 0.05) is 31.2 Å². The molecule has 2 aliphatic rings. The van der Waals surface area contributed by atoms with E-state index < -0.39 is 0 Å². The predicted molar refractivity (Wildman–Crippen MR) is 102 cm³/mol. The summed E-state index contributed by atoms with van der Waals surface area (Å²) in [5, 5.41) is 0. The Labute approximate surface area is 146 Å². The summed E-state index contributed by atoms with van der Waals surface area (Å²) in [5.74, 6) is 0.224. The lowest BCUT2D eigenvalue weighted by Crippen LogP contribution is -2.38. The van der Waals surface area contributed by atoms with Crippen LogP contribution in [0.25, 0.3) is 0 Å². The summed E-state index contributed by atoms with van der Waals surface area (Å²) in [6, 6.07) is 0.672. The Morgan fingerprint density at radius 3 is 2.08 bits per heavy atom. The fraction of sp³-hybridized carbons (Fsp3) is 0.476. The van der Waals surface area contributed by atoms with Gasteiger partial charge < -0.3 is 9.80 Å². The smallest absolute Gasteiger partial charge is 0.223 e. The normalized spacial score (nSPS) is 22.2. The quantitative estimate of drug-likeness (QED) is 0.468. The molecule has 3 heteroatoms. The van der Waals surface area contributed by atoms with Crippen LogP contribution in [0, 0.1) is 0 Å². The van der Waals surface area contributed by atoms with Gasteiger partial charge >= 0.3 is 0 Å². The Morgan fingerprint density at radius 2 is 1.62 bits per heavy atom. The summed E-state index contributed by atoms with van der Waals surface area (Å²) in [5.41, 5.74) is 0.955. The van der Waals surface area contributed by atoms with Gasteiger partial charge in [0.25, 0.3) is 0 Å². The van der Waals surface area contributed by atoms with E-state index in [0.717, 1.165) is 37.9 Å². The van der Waals surface area contributed by atoms with Crippen molar-refractivity contribution in [3.8, 4) is 0 Å². The molecule has 0 fully saturated rings. The van der Waals surface area contributed by atoms with Gasteiger partial charge in [-0.2, -0.15) is 0 Å². The lowest BCUT2D eigenvalue weighted by atomic mass is 10.2. The van der Waals surface area contributed by atoms with Crippen molar-refractivity contribution in [1.29, 1.82) is 0 Å². The monoisotopic (exact) mass is 326 g/mol. The lowest BCUT2D eigenvalue weighted by Gasteiger charge is -2.30. The van der Waals surface area contributed by atoms with Gasteiger partial charge in [-0.1, -0.05) is 56.5 Å². The lowest BCUT2D eigenvalue weighted by molar-refractivity contribution is -0.131. The van der Waals surface area contributed by atoms with Crippen LogP contribution in [-0.4, -0.2) is 40.9 Å². The maximum atomic E-state index is 12.2. The molecule has 0 bridgehead atoms. The van der Waals surface area contributed by atoms with Crippen molar-refractivity contribution in [2.75, 3.05) is 13.1 Å². The summed E-state index contributed by atoms with van der Waals surface area (Å²) in [6.45, 7) is 11.4. The second-order valence-corrected chi connectivity index (χ2v) is 6.36. The molecule has 130 valence electrons. The first-order chi connectivity index (χ1) is 11.7. The van der Waals surface area contributed by atoms with E-state index in [-0.39, 0.29) is 11.9 Å². The van der Waals surface area contributed by atoms with Crippen molar-refractivity contribution in [3.05, 3.63) is 61.4 Å². The Balaban J connectivity index is 1.93. The molecule has 3 nitrogen and oxygen atoms in total. The van der Waals surface area contributed by atoms with Crippen molar-refractivity contribution in [2.45, 2.75) is 51.1 Å². The van der Waals surface area contributed by atoms with Crippen molar-refractivity contribution < 1.29 is 4.79 Å². The zero-order valence-electron chi connectivity index (χ0n) is 14.9. The van der Waals surface area contributed by atoms with Gasteiger partial charge in [-0.05, 0) is 31.8 Å². The molecule has 0 radical (unpaired) electrons. The summed E-state index contributed by atoms with van der Waals surface area (Å²) < 4.78 is 0. The highest BCUT2D eigenvalue weighted by Gasteiger charge is 2.21. The third-order valence-corrected chi connectivity index (χ3v) is 4.77. The summed E-state index contributed by atoms with van der Waals surface area (Å²) >= 11 is 0. The molecule has 0 aliphatic heterocycles. The third-order valence-electron chi connectivity index (χ3n) is 4.77. The molecule has 1 amide bonds. The molecule has 24 heavy (non-hydrogen) atoms. The molecule has 0 aromatic carbocycles.